The van der Waals surface area contributed by atoms with E-state index >= 15 is 0 Å². The van der Waals surface area contributed by atoms with Gasteiger partial charge in [0.25, 0.3) is 0 Å². The van der Waals surface area contributed by atoms with Crippen LogP contribution in [0.5, 0.6) is 0 Å². The Morgan fingerprint density at radius 3 is 2.22 bits per heavy atom. The van der Waals surface area contributed by atoms with Crippen molar-refractivity contribution in [2.75, 3.05) is 6.54 Å². The Balaban J connectivity index is 1.93. The van der Waals surface area contributed by atoms with Crippen molar-refractivity contribution < 1.29 is 0 Å². The van der Waals surface area contributed by atoms with E-state index in [-0.39, 0.29) is 0 Å². The van der Waals surface area contributed by atoms with Gasteiger partial charge >= 0.3 is 0 Å². The molecule has 4 fully saturated rings. The predicted octanol–water partition coefficient (Wildman–Crippen LogP) is 1.24. The van der Waals surface area contributed by atoms with Gasteiger partial charge in [-0.2, -0.15) is 0 Å². The van der Waals surface area contributed by atoms with Gasteiger partial charge in [-0.05, 0) is 31.6 Å². The highest BCUT2D eigenvalue weighted by molar-refractivity contribution is 5.06. The van der Waals surface area contributed by atoms with Gasteiger partial charge in [-0.15, -0.1) is 0 Å². The van der Waals surface area contributed by atoms with Crippen LogP contribution < -0.4 is 0 Å². The van der Waals surface area contributed by atoms with Crippen LogP contribution in [0.1, 0.15) is 25.7 Å². The molecule has 9 heavy (non-hydrogen) atoms. The molecule has 50 valence electrons. The Morgan fingerprint density at radius 2 is 1.78 bits per heavy atom. The van der Waals surface area contributed by atoms with Crippen molar-refractivity contribution in [3.05, 3.63) is 0 Å². The molecule has 0 spiro atoms. The fourth-order valence-corrected chi connectivity index (χ4v) is 2.83. The normalized spacial score (nSPS) is 61.3. The summed E-state index contributed by atoms with van der Waals surface area (Å²) in [6.45, 7) is 1.45. The van der Waals surface area contributed by atoms with Gasteiger partial charge in [-0.3, -0.25) is 4.90 Å². The highest BCUT2D eigenvalue weighted by atomic mass is 15.3. The van der Waals surface area contributed by atoms with Gasteiger partial charge in [-0.25, -0.2) is 0 Å². The van der Waals surface area contributed by atoms with Gasteiger partial charge in [0.05, 0.1) is 0 Å². The van der Waals surface area contributed by atoms with Crippen LogP contribution in [0.3, 0.4) is 0 Å². The lowest BCUT2D eigenvalue weighted by Crippen LogP contribution is -2.36. The molecule has 0 amide bonds. The molecule has 1 heteroatoms. The van der Waals surface area contributed by atoms with Gasteiger partial charge in [-0.1, -0.05) is 0 Å². The second kappa shape index (κ2) is 1.34. The maximum atomic E-state index is 2.71. The highest BCUT2D eigenvalue weighted by Crippen LogP contribution is 2.46. The minimum atomic E-state index is 1.03. The predicted molar refractivity (Wildman–Crippen MR) is 36.2 cm³/mol. The second-order valence-electron chi connectivity index (χ2n) is 3.83. The first-order valence-corrected chi connectivity index (χ1v) is 4.21. The molecule has 0 N–H and O–H groups in total. The van der Waals surface area contributed by atoms with Crippen LogP contribution in [0.4, 0.5) is 0 Å². The Kier molecular flexibility index (Phi) is 0.704. The van der Waals surface area contributed by atoms with Crippen molar-refractivity contribution in [3.8, 4) is 0 Å². The van der Waals surface area contributed by atoms with Crippen LogP contribution in [-0.4, -0.2) is 23.5 Å². The minimum absolute atomic E-state index is 1.03. The molecule has 0 aromatic carbocycles. The number of piperidine rings is 2. The van der Waals surface area contributed by atoms with Crippen molar-refractivity contribution in [1.82, 2.24) is 4.90 Å². The van der Waals surface area contributed by atoms with Crippen LogP contribution >= 0.6 is 0 Å². The van der Waals surface area contributed by atoms with Crippen LogP contribution in [0, 0.1) is 5.92 Å². The number of fused-ring (bicyclic) bond motifs is 2. The Labute approximate surface area is 56.0 Å². The molecule has 0 aromatic heterocycles. The summed E-state index contributed by atoms with van der Waals surface area (Å²) in [7, 11) is 0. The molecule has 2 atom stereocenters. The van der Waals surface area contributed by atoms with Crippen LogP contribution in [-0.2, 0) is 0 Å². The summed E-state index contributed by atoms with van der Waals surface area (Å²) in [6, 6.07) is 2.09. The molecule has 4 aliphatic rings. The average Bonchev–Trinajstić information content (AvgIpc) is 2.68. The zero-order chi connectivity index (χ0) is 5.84. The van der Waals surface area contributed by atoms with Crippen LogP contribution in [0.2, 0.25) is 0 Å². The molecule has 3 saturated heterocycles. The second-order valence-corrected chi connectivity index (χ2v) is 3.83. The number of hydrogen-bond acceptors (Lipinski definition) is 1. The molecule has 1 saturated carbocycles. The molecule has 3 aliphatic heterocycles. The van der Waals surface area contributed by atoms with E-state index in [0.717, 1.165) is 18.0 Å². The summed E-state index contributed by atoms with van der Waals surface area (Å²) in [4.78, 5) is 2.71. The summed E-state index contributed by atoms with van der Waals surface area (Å²) in [6.07, 6.45) is 6.12. The SMILES string of the molecule is C1CC2CCC1C1CN21. The van der Waals surface area contributed by atoms with Crippen LogP contribution in [0.25, 0.3) is 0 Å². The average molecular weight is 123 g/mol. The first kappa shape index (κ1) is 4.73. The van der Waals surface area contributed by atoms with E-state index in [2.05, 4.69) is 4.90 Å². The summed E-state index contributed by atoms with van der Waals surface area (Å²) in [5, 5.41) is 0. The van der Waals surface area contributed by atoms with Crippen LogP contribution in [0.15, 0.2) is 0 Å². The third-order valence-electron chi connectivity index (χ3n) is 3.44. The van der Waals surface area contributed by atoms with Gasteiger partial charge in [0.2, 0.25) is 0 Å². The lowest BCUT2D eigenvalue weighted by atomic mass is 9.81. The molecular formula is C8H13N. The van der Waals surface area contributed by atoms with Gasteiger partial charge < -0.3 is 0 Å². The molecule has 1 aliphatic carbocycles. The zero-order valence-corrected chi connectivity index (χ0v) is 5.71. The van der Waals surface area contributed by atoms with E-state index in [9.17, 15) is 0 Å². The fraction of sp³-hybridized carbons (Fsp3) is 1.00. The maximum Gasteiger partial charge on any atom is 0.0255 e. The van der Waals surface area contributed by atoms with Gasteiger partial charge in [0.1, 0.15) is 0 Å². The molecule has 2 bridgehead atoms. The Bertz CT molecular complexity index is 120. The Morgan fingerprint density at radius 1 is 1.00 bits per heavy atom. The summed E-state index contributed by atoms with van der Waals surface area (Å²) < 4.78 is 0. The van der Waals surface area contributed by atoms with E-state index in [4.69, 9.17) is 0 Å². The highest BCUT2D eigenvalue weighted by Gasteiger charge is 2.51. The lowest BCUT2D eigenvalue weighted by Gasteiger charge is -2.35. The zero-order valence-electron chi connectivity index (χ0n) is 5.71. The van der Waals surface area contributed by atoms with E-state index in [1.165, 1.54) is 19.4 Å². The van der Waals surface area contributed by atoms with E-state index in [0.29, 0.717) is 0 Å². The van der Waals surface area contributed by atoms with Gasteiger partial charge in [0, 0.05) is 18.6 Å². The molecule has 2 unspecified atom stereocenters. The largest absolute Gasteiger partial charge is 0.294 e. The number of rotatable bonds is 0. The van der Waals surface area contributed by atoms with E-state index in [1.54, 1.807) is 12.8 Å². The molecule has 4 rings (SSSR count). The van der Waals surface area contributed by atoms with Crippen molar-refractivity contribution in [2.24, 2.45) is 5.92 Å². The van der Waals surface area contributed by atoms with Crippen molar-refractivity contribution in [2.45, 2.75) is 37.8 Å². The fourth-order valence-electron chi connectivity index (χ4n) is 2.83. The Hall–Kier alpha value is -0.0400. The lowest BCUT2D eigenvalue weighted by molar-refractivity contribution is 0.152. The quantitative estimate of drug-likeness (QED) is 0.438. The van der Waals surface area contributed by atoms with Crippen molar-refractivity contribution in [3.63, 3.8) is 0 Å². The summed E-state index contributed by atoms with van der Waals surface area (Å²) in [5.41, 5.74) is 0. The number of hydrogen-bond donors (Lipinski definition) is 0. The third kappa shape index (κ3) is 0.493. The van der Waals surface area contributed by atoms with Crippen molar-refractivity contribution in [1.29, 1.82) is 0 Å². The van der Waals surface area contributed by atoms with Crippen molar-refractivity contribution >= 4 is 0 Å². The number of nitrogens with zero attached hydrogens (tertiary/aromatic N) is 1. The first-order valence-electron chi connectivity index (χ1n) is 4.21. The minimum Gasteiger partial charge on any atom is -0.294 e. The smallest absolute Gasteiger partial charge is 0.0255 e. The molecular weight excluding hydrogens is 110 g/mol. The maximum absolute atomic E-state index is 2.71. The third-order valence-corrected chi connectivity index (χ3v) is 3.44. The topological polar surface area (TPSA) is 3.01 Å². The van der Waals surface area contributed by atoms with E-state index < -0.39 is 0 Å². The summed E-state index contributed by atoms with van der Waals surface area (Å²) in [5.74, 6) is 1.12. The molecule has 0 aromatic rings. The first-order chi connectivity index (χ1) is 4.45. The standard InChI is InChI=1S/C8H13N/c1-3-7-4-2-6(1)8-5-9(7)8/h6-8H,1-5H2. The van der Waals surface area contributed by atoms with Gasteiger partial charge in [0.15, 0.2) is 0 Å². The molecule has 3 heterocycles. The molecule has 1 nitrogen and oxygen atoms in total. The van der Waals surface area contributed by atoms with E-state index in [1.807, 2.05) is 0 Å². The summed E-state index contributed by atoms with van der Waals surface area (Å²) >= 11 is 0. The molecule has 0 radical (unpaired) electrons. The monoisotopic (exact) mass is 123 g/mol.